The zero-order valence-electron chi connectivity index (χ0n) is 58.4. The Morgan fingerprint density at radius 2 is 0.467 bits per heavy atom. The van der Waals surface area contributed by atoms with Crippen LogP contribution in [0.4, 0.5) is 13.2 Å². The summed E-state index contributed by atoms with van der Waals surface area (Å²) in [5.41, 5.74) is 13.2. The molecule has 92 heavy (non-hydrogen) atoms. The molecular formula is C89H121F3. The van der Waals surface area contributed by atoms with E-state index in [2.05, 4.69) is 133 Å². The minimum absolute atomic E-state index is 0.0524. The van der Waals surface area contributed by atoms with Crippen molar-refractivity contribution >= 4 is 0 Å². The molecule has 6 aliphatic rings. The highest BCUT2D eigenvalue weighted by Crippen LogP contribution is 2.45. The maximum atomic E-state index is 15.1. The topological polar surface area (TPSA) is 0 Å². The number of hydrogen-bond acceptors (Lipinski definition) is 0. The predicted octanol–water partition coefficient (Wildman–Crippen LogP) is 28.5. The third kappa shape index (κ3) is 19.4. The molecule has 6 aliphatic carbocycles. The van der Waals surface area contributed by atoms with Crippen molar-refractivity contribution in [2.75, 3.05) is 0 Å². The van der Waals surface area contributed by atoms with Crippen molar-refractivity contribution in [3.63, 3.8) is 0 Å². The van der Waals surface area contributed by atoms with Crippen molar-refractivity contribution in [3.8, 4) is 33.4 Å². The van der Waals surface area contributed by atoms with Crippen molar-refractivity contribution in [1.82, 2.24) is 0 Å². The summed E-state index contributed by atoms with van der Waals surface area (Å²) >= 11 is 0. The lowest BCUT2D eigenvalue weighted by atomic mass is 9.76. The Hall–Kier alpha value is -4.89. The molecule has 0 nitrogen and oxygen atoms in total. The second kappa shape index (κ2) is 35.7. The van der Waals surface area contributed by atoms with Gasteiger partial charge < -0.3 is 0 Å². The molecule has 3 heteroatoms. The molecule has 0 bridgehead atoms. The van der Waals surface area contributed by atoms with Crippen molar-refractivity contribution in [2.45, 2.75) is 302 Å². The summed E-state index contributed by atoms with van der Waals surface area (Å²) in [7, 11) is 0. The van der Waals surface area contributed by atoms with Crippen LogP contribution in [0, 0.1) is 53.0 Å². The van der Waals surface area contributed by atoms with E-state index in [1.165, 1.54) is 258 Å². The summed E-state index contributed by atoms with van der Waals surface area (Å²) < 4.78 is 45.1. The van der Waals surface area contributed by atoms with Gasteiger partial charge >= 0.3 is 0 Å². The molecule has 6 saturated carbocycles. The molecule has 0 spiro atoms. The average Bonchev–Trinajstić information content (AvgIpc) is 1.31. The van der Waals surface area contributed by atoms with Crippen molar-refractivity contribution in [3.05, 3.63) is 178 Å². The van der Waals surface area contributed by atoms with Crippen LogP contribution < -0.4 is 0 Å². The van der Waals surface area contributed by atoms with Crippen LogP contribution in [0.15, 0.2) is 127 Å². The molecule has 0 radical (unpaired) electrons. The standard InChI is InChI=1S/C31H43F.C30H41F.C28H37F/c1-3-5-7-24-10-14-27(15-11-24)29-20-21-30(31(32)22-29)28-18-16-26(17-19-28)25-12-8-23(6-4-2)9-13-25;1-3-5-22-7-11-24(12-8-22)25-15-17-27(18-16-25)29-20-19-28(21-30(29)31)26-13-9-23(6-4-2)10-14-26;1-3-4-21-7-11-22(12-8-21)23-13-15-25(16-14-23)27-18-17-26(19-28(27)29)24-9-5-20(2)6-10-24/h16-25,27H,3-15H2,1-2H3;15-24,26H,3-14H2,1-2H3;13-22,24H,3-12H2,1-2H3. The van der Waals surface area contributed by atoms with Gasteiger partial charge in [0.2, 0.25) is 0 Å². The van der Waals surface area contributed by atoms with E-state index in [1.807, 2.05) is 30.3 Å². The summed E-state index contributed by atoms with van der Waals surface area (Å²) in [6, 6.07) is 44.4. The summed E-state index contributed by atoms with van der Waals surface area (Å²) in [4.78, 5) is 0. The summed E-state index contributed by atoms with van der Waals surface area (Å²) in [5, 5.41) is 0. The van der Waals surface area contributed by atoms with E-state index in [0.29, 0.717) is 35.5 Å². The Bertz CT molecular complexity index is 3070. The molecule has 0 saturated heterocycles. The molecule has 0 aromatic heterocycles. The normalized spacial score (nSPS) is 26.8. The molecule has 0 amide bonds. The lowest BCUT2D eigenvalue weighted by molar-refractivity contribution is 0.304. The van der Waals surface area contributed by atoms with Crippen LogP contribution in [-0.4, -0.2) is 0 Å². The number of halogens is 3. The van der Waals surface area contributed by atoms with Gasteiger partial charge in [0.25, 0.3) is 0 Å². The van der Waals surface area contributed by atoms with Gasteiger partial charge in [-0.2, -0.15) is 0 Å². The van der Waals surface area contributed by atoms with Gasteiger partial charge in [-0.15, -0.1) is 0 Å². The fourth-order valence-electron chi connectivity index (χ4n) is 18.5. The van der Waals surface area contributed by atoms with Crippen LogP contribution in [0.2, 0.25) is 0 Å². The summed E-state index contributed by atoms with van der Waals surface area (Å²) in [5.74, 6) is 8.98. The van der Waals surface area contributed by atoms with Gasteiger partial charge in [-0.25, -0.2) is 13.2 Å². The first-order valence-electron chi connectivity index (χ1n) is 38.7. The second-order valence-electron chi connectivity index (χ2n) is 30.9. The number of hydrogen-bond donors (Lipinski definition) is 0. The Kier molecular flexibility index (Phi) is 27.2. The highest BCUT2D eigenvalue weighted by molar-refractivity contribution is 5.67. The van der Waals surface area contributed by atoms with Gasteiger partial charge in [-0.1, -0.05) is 234 Å². The monoisotopic (exact) mass is 1250 g/mol. The van der Waals surface area contributed by atoms with E-state index in [0.717, 1.165) is 68.9 Å². The first kappa shape index (κ1) is 69.9. The Labute approximate surface area is 559 Å². The fraction of sp³-hybridized carbons (Fsp3) is 0.596. The average molecular weight is 1250 g/mol. The number of unbranched alkanes of at least 4 members (excludes halogenated alkanes) is 1. The van der Waals surface area contributed by atoms with E-state index in [-0.39, 0.29) is 17.5 Å². The molecule has 0 N–H and O–H groups in total. The van der Waals surface area contributed by atoms with Crippen LogP contribution in [-0.2, 0) is 0 Å². The smallest absolute Gasteiger partial charge is 0.131 e. The largest absolute Gasteiger partial charge is 0.206 e. The Morgan fingerprint density at radius 1 is 0.250 bits per heavy atom. The number of benzene rings is 6. The number of rotatable bonds is 20. The molecule has 12 rings (SSSR count). The molecule has 0 unspecified atom stereocenters. The van der Waals surface area contributed by atoms with Crippen LogP contribution >= 0.6 is 0 Å². The molecule has 498 valence electrons. The van der Waals surface area contributed by atoms with Crippen molar-refractivity contribution < 1.29 is 13.2 Å². The van der Waals surface area contributed by atoms with E-state index in [4.69, 9.17) is 0 Å². The van der Waals surface area contributed by atoms with Gasteiger partial charge in [0.1, 0.15) is 17.5 Å². The SMILES string of the molecule is CCCC1CCC(c2ccc(-c3ccc(C4CCC(C)CC4)cc3F)cc2)CC1.CCCC1CCC(c2ccc(-c3ccc(C4CCC(CCC)CC4)cc3F)cc2)CC1.CCCCC1CCC(c2ccc(-c3ccc(C4CCC(CCC)CC4)cc3)c(F)c2)CC1. The van der Waals surface area contributed by atoms with Gasteiger partial charge in [-0.3, -0.25) is 0 Å². The van der Waals surface area contributed by atoms with Gasteiger partial charge in [0.05, 0.1) is 0 Å². The summed E-state index contributed by atoms with van der Waals surface area (Å²) in [6.07, 6.45) is 46.0. The van der Waals surface area contributed by atoms with E-state index in [9.17, 15) is 4.39 Å². The summed E-state index contributed by atoms with van der Waals surface area (Å²) in [6.45, 7) is 13.8. The minimum Gasteiger partial charge on any atom is -0.206 e. The molecule has 0 aliphatic heterocycles. The Balaban J connectivity index is 0.000000151. The lowest BCUT2D eigenvalue weighted by Crippen LogP contribution is -2.13. The van der Waals surface area contributed by atoms with Gasteiger partial charge in [0.15, 0.2) is 0 Å². The lowest BCUT2D eigenvalue weighted by Gasteiger charge is -2.29. The highest BCUT2D eigenvalue weighted by Gasteiger charge is 2.28. The van der Waals surface area contributed by atoms with Crippen LogP contribution in [0.1, 0.15) is 335 Å². The highest BCUT2D eigenvalue weighted by atomic mass is 19.1. The third-order valence-electron chi connectivity index (χ3n) is 24.5. The molecule has 6 aromatic carbocycles. The van der Waals surface area contributed by atoms with Gasteiger partial charge in [0, 0.05) is 16.7 Å². The van der Waals surface area contributed by atoms with Crippen LogP contribution in [0.3, 0.4) is 0 Å². The van der Waals surface area contributed by atoms with Crippen LogP contribution in [0.25, 0.3) is 33.4 Å². The first-order valence-corrected chi connectivity index (χ1v) is 38.7. The zero-order valence-corrected chi connectivity index (χ0v) is 58.4. The fourth-order valence-corrected chi connectivity index (χ4v) is 18.5. The molecule has 6 fully saturated rings. The predicted molar refractivity (Wildman–Crippen MR) is 389 cm³/mol. The van der Waals surface area contributed by atoms with E-state index >= 15 is 8.78 Å². The van der Waals surface area contributed by atoms with E-state index in [1.54, 1.807) is 6.07 Å². The molecular weight excluding hydrogens is 1130 g/mol. The van der Waals surface area contributed by atoms with Crippen LogP contribution in [0.5, 0.6) is 0 Å². The van der Waals surface area contributed by atoms with Crippen molar-refractivity contribution in [1.29, 1.82) is 0 Å². The maximum absolute atomic E-state index is 15.1. The third-order valence-corrected chi connectivity index (χ3v) is 24.5. The van der Waals surface area contributed by atoms with Gasteiger partial charge in [-0.05, 0) is 281 Å². The molecule has 6 aromatic rings. The molecule has 0 atom stereocenters. The minimum atomic E-state index is -0.0612. The zero-order chi connectivity index (χ0) is 64.2. The van der Waals surface area contributed by atoms with E-state index < -0.39 is 0 Å². The van der Waals surface area contributed by atoms with Crippen molar-refractivity contribution in [2.24, 2.45) is 35.5 Å². The first-order chi connectivity index (χ1) is 45.0. The quantitative estimate of drug-likeness (QED) is 0.0715. The molecule has 0 heterocycles. The maximum Gasteiger partial charge on any atom is 0.131 e. The second-order valence-corrected chi connectivity index (χ2v) is 30.9. The Morgan fingerprint density at radius 3 is 0.696 bits per heavy atom.